The molecule has 1 atom stereocenters. The number of aliphatic hydroxyl groups is 1. The summed E-state index contributed by atoms with van der Waals surface area (Å²) >= 11 is 7.24. The van der Waals surface area contributed by atoms with Crippen molar-refractivity contribution in [2.45, 2.75) is 24.6 Å². The highest BCUT2D eigenvalue weighted by atomic mass is 35.5. The van der Waals surface area contributed by atoms with Crippen LogP contribution in [0.3, 0.4) is 0 Å². The molecule has 1 aromatic heterocycles. The van der Waals surface area contributed by atoms with Crippen molar-refractivity contribution in [2.24, 2.45) is 0 Å². The summed E-state index contributed by atoms with van der Waals surface area (Å²) in [4.78, 5) is 8.22. The number of aliphatic hydroxyl groups excluding tert-OH is 1. The molecule has 15 heavy (non-hydrogen) atoms. The van der Waals surface area contributed by atoms with Crippen molar-refractivity contribution in [1.29, 1.82) is 0 Å². The average Bonchev–Trinajstić information content (AvgIpc) is 2.25. The lowest BCUT2D eigenvalue weighted by molar-refractivity contribution is 0.183. The van der Waals surface area contributed by atoms with E-state index < -0.39 is 0 Å². The maximum Gasteiger partial charge on any atom is 0.190 e. The minimum atomic E-state index is -0.364. The van der Waals surface area contributed by atoms with Crippen molar-refractivity contribution in [1.82, 2.24) is 9.97 Å². The van der Waals surface area contributed by atoms with Gasteiger partial charge in [-0.2, -0.15) is 0 Å². The summed E-state index contributed by atoms with van der Waals surface area (Å²) in [5.41, 5.74) is 0. The number of thioether (sulfide) groups is 1. The third kappa shape index (κ3) is 4.24. The molecule has 0 aliphatic rings. The lowest BCUT2D eigenvalue weighted by Gasteiger charge is -2.10. The Balaban J connectivity index is 2.64. The number of hydrogen-bond donors (Lipinski definition) is 2. The van der Waals surface area contributed by atoms with E-state index in [1.165, 1.54) is 11.8 Å². The zero-order valence-corrected chi connectivity index (χ0v) is 10.3. The minimum Gasteiger partial charge on any atom is -0.391 e. The van der Waals surface area contributed by atoms with Crippen molar-refractivity contribution in [2.75, 3.05) is 18.1 Å². The molecule has 84 valence electrons. The Bertz CT molecular complexity index is 324. The van der Waals surface area contributed by atoms with Crippen LogP contribution in [0, 0.1) is 0 Å². The van der Waals surface area contributed by atoms with Crippen LogP contribution in [0.2, 0.25) is 5.15 Å². The van der Waals surface area contributed by atoms with Gasteiger partial charge < -0.3 is 10.4 Å². The highest BCUT2D eigenvalue weighted by molar-refractivity contribution is 7.98. The van der Waals surface area contributed by atoms with Crippen LogP contribution in [-0.4, -0.2) is 34.0 Å². The van der Waals surface area contributed by atoms with Crippen LogP contribution in [-0.2, 0) is 0 Å². The first-order valence-electron chi connectivity index (χ1n) is 4.66. The number of anilines is 1. The zero-order chi connectivity index (χ0) is 11.3. The monoisotopic (exact) mass is 247 g/mol. The molecule has 0 spiro atoms. The summed E-state index contributed by atoms with van der Waals surface area (Å²) in [7, 11) is 0. The summed E-state index contributed by atoms with van der Waals surface area (Å²) < 4.78 is 0. The number of nitrogens with zero attached hydrogens (tertiary/aromatic N) is 2. The number of hydrogen-bond acceptors (Lipinski definition) is 5. The average molecular weight is 248 g/mol. The van der Waals surface area contributed by atoms with Gasteiger partial charge in [0.25, 0.3) is 0 Å². The molecule has 0 bridgehead atoms. The first-order valence-corrected chi connectivity index (χ1v) is 6.26. The predicted molar refractivity (Wildman–Crippen MR) is 63.6 cm³/mol. The molecule has 0 radical (unpaired) electrons. The molecular formula is C9H14ClN3OS. The van der Waals surface area contributed by atoms with Crippen molar-refractivity contribution in [3.8, 4) is 0 Å². The van der Waals surface area contributed by atoms with Crippen LogP contribution in [0.5, 0.6) is 0 Å². The van der Waals surface area contributed by atoms with Crippen LogP contribution < -0.4 is 5.32 Å². The maximum atomic E-state index is 9.37. The molecule has 0 aliphatic heterocycles. The second-order valence-corrected chi connectivity index (χ2v) is 4.17. The van der Waals surface area contributed by atoms with Crippen molar-refractivity contribution < 1.29 is 5.11 Å². The molecule has 0 saturated heterocycles. The standard InChI is InChI=1S/C9H14ClN3OS/c1-3-6(14)5-11-8-4-7(10)12-9(13-8)15-2/h4,6,14H,3,5H2,1-2H3,(H,11,12,13). The predicted octanol–water partition coefficient (Wildman–Crippen LogP) is 2.03. The van der Waals surface area contributed by atoms with Crippen LogP contribution in [0.25, 0.3) is 0 Å². The lowest BCUT2D eigenvalue weighted by atomic mass is 10.3. The molecule has 0 amide bonds. The number of nitrogens with one attached hydrogen (secondary N) is 1. The summed E-state index contributed by atoms with van der Waals surface area (Å²) in [6.07, 6.45) is 2.23. The highest BCUT2D eigenvalue weighted by Crippen LogP contribution is 2.17. The van der Waals surface area contributed by atoms with Crippen LogP contribution in [0.1, 0.15) is 13.3 Å². The van der Waals surface area contributed by atoms with Gasteiger partial charge in [-0.3, -0.25) is 0 Å². The smallest absolute Gasteiger partial charge is 0.190 e. The summed E-state index contributed by atoms with van der Waals surface area (Å²) in [6.45, 7) is 2.39. The largest absolute Gasteiger partial charge is 0.391 e. The Morgan fingerprint density at radius 3 is 2.93 bits per heavy atom. The van der Waals surface area contributed by atoms with Gasteiger partial charge in [-0.25, -0.2) is 9.97 Å². The van der Waals surface area contributed by atoms with Crippen LogP contribution in [0.15, 0.2) is 11.2 Å². The van der Waals surface area contributed by atoms with Crippen molar-refractivity contribution in [3.05, 3.63) is 11.2 Å². The van der Waals surface area contributed by atoms with E-state index in [1.807, 2.05) is 13.2 Å². The van der Waals surface area contributed by atoms with E-state index >= 15 is 0 Å². The van der Waals surface area contributed by atoms with Gasteiger partial charge in [-0.1, -0.05) is 30.3 Å². The number of halogens is 1. The first-order chi connectivity index (χ1) is 7.15. The van der Waals surface area contributed by atoms with E-state index in [4.69, 9.17) is 11.6 Å². The van der Waals surface area contributed by atoms with Gasteiger partial charge in [-0.05, 0) is 12.7 Å². The van der Waals surface area contributed by atoms with Gasteiger partial charge in [0.2, 0.25) is 0 Å². The van der Waals surface area contributed by atoms with Gasteiger partial charge in [0.15, 0.2) is 5.16 Å². The SMILES string of the molecule is CCC(O)CNc1cc(Cl)nc(SC)n1. The van der Waals surface area contributed by atoms with Crippen LogP contribution >= 0.6 is 23.4 Å². The topological polar surface area (TPSA) is 58.0 Å². The molecule has 6 heteroatoms. The molecule has 2 N–H and O–H groups in total. The van der Waals surface area contributed by atoms with Gasteiger partial charge in [0, 0.05) is 12.6 Å². The Labute approximate surface area is 98.5 Å². The minimum absolute atomic E-state index is 0.364. The van der Waals surface area contributed by atoms with E-state index in [0.29, 0.717) is 29.1 Å². The van der Waals surface area contributed by atoms with Gasteiger partial charge in [0.1, 0.15) is 11.0 Å². The van der Waals surface area contributed by atoms with Gasteiger partial charge >= 0.3 is 0 Å². The Hall–Kier alpha value is -0.520. The Morgan fingerprint density at radius 2 is 2.33 bits per heavy atom. The maximum absolute atomic E-state index is 9.37. The summed E-state index contributed by atoms with van der Waals surface area (Å²) in [6, 6.07) is 1.64. The molecule has 0 aromatic carbocycles. The molecule has 1 rings (SSSR count). The fraction of sp³-hybridized carbons (Fsp3) is 0.556. The number of rotatable bonds is 5. The second-order valence-electron chi connectivity index (χ2n) is 3.01. The highest BCUT2D eigenvalue weighted by Gasteiger charge is 2.04. The molecular weight excluding hydrogens is 234 g/mol. The van der Waals surface area contributed by atoms with Crippen molar-refractivity contribution >= 4 is 29.2 Å². The van der Waals surface area contributed by atoms with Gasteiger partial charge in [-0.15, -0.1) is 0 Å². The fourth-order valence-electron chi connectivity index (χ4n) is 0.945. The molecule has 1 heterocycles. The summed E-state index contributed by atoms with van der Waals surface area (Å²) in [5, 5.41) is 13.4. The third-order valence-corrected chi connectivity index (χ3v) is 2.59. The Kier molecular flexibility index (Phi) is 5.14. The fourth-order valence-corrected chi connectivity index (χ4v) is 1.56. The number of aromatic nitrogens is 2. The van der Waals surface area contributed by atoms with E-state index in [1.54, 1.807) is 6.07 Å². The second kappa shape index (κ2) is 6.15. The molecule has 1 unspecified atom stereocenters. The zero-order valence-electron chi connectivity index (χ0n) is 8.70. The summed E-state index contributed by atoms with van der Waals surface area (Å²) in [5.74, 6) is 0.645. The quantitative estimate of drug-likeness (QED) is 0.474. The Morgan fingerprint density at radius 1 is 1.60 bits per heavy atom. The molecule has 4 nitrogen and oxygen atoms in total. The molecule has 0 aliphatic carbocycles. The molecule has 0 fully saturated rings. The lowest BCUT2D eigenvalue weighted by Crippen LogP contribution is -2.18. The molecule has 1 aromatic rings. The van der Waals surface area contributed by atoms with Crippen molar-refractivity contribution in [3.63, 3.8) is 0 Å². The van der Waals surface area contributed by atoms with E-state index in [2.05, 4.69) is 15.3 Å². The van der Waals surface area contributed by atoms with E-state index in [9.17, 15) is 5.11 Å². The third-order valence-electron chi connectivity index (χ3n) is 1.85. The van der Waals surface area contributed by atoms with Gasteiger partial charge in [0.05, 0.1) is 6.10 Å². The normalized spacial score (nSPS) is 12.5. The first kappa shape index (κ1) is 12.5. The van der Waals surface area contributed by atoms with E-state index in [-0.39, 0.29) is 6.10 Å². The van der Waals surface area contributed by atoms with Crippen LogP contribution in [0.4, 0.5) is 5.82 Å². The van der Waals surface area contributed by atoms with E-state index in [0.717, 1.165) is 0 Å². The molecule has 0 saturated carbocycles.